The molecule has 0 aliphatic carbocycles. The van der Waals surface area contributed by atoms with Gasteiger partial charge in [-0.05, 0) is 31.8 Å². The van der Waals surface area contributed by atoms with Gasteiger partial charge in [0.25, 0.3) is 0 Å². The van der Waals surface area contributed by atoms with E-state index in [2.05, 4.69) is 16.6 Å². The molecule has 2 aromatic rings. The molecule has 0 unspecified atom stereocenters. The predicted octanol–water partition coefficient (Wildman–Crippen LogP) is 2.40. The molecule has 0 atom stereocenters. The lowest BCUT2D eigenvalue weighted by molar-refractivity contribution is 0.444. The van der Waals surface area contributed by atoms with Crippen molar-refractivity contribution < 1.29 is 4.52 Å². The lowest BCUT2D eigenvalue weighted by atomic mass is 10.1. The molecule has 3 heteroatoms. The SMILES string of the molecule is C=C(CN(C)C)c1noc2ccccc12. The second kappa shape index (κ2) is 3.87. The number of aromatic nitrogens is 1. The maximum absolute atomic E-state index is 5.22. The minimum atomic E-state index is 0.788. The van der Waals surface area contributed by atoms with Crippen LogP contribution in [-0.4, -0.2) is 30.7 Å². The molecule has 0 saturated heterocycles. The van der Waals surface area contributed by atoms with Gasteiger partial charge in [-0.1, -0.05) is 23.9 Å². The molecule has 1 aromatic carbocycles. The lowest BCUT2D eigenvalue weighted by Crippen LogP contribution is -2.14. The van der Waals surface area contributed by atoms with Crippen LogP contribution in [0.2, 0.25) is 0 Å². The van der Waals surface area contributed by atoms with E-state index in [-0.39, 0.29) is 0 Å². The molecule has 0 aliphatic rings. The summed E-state index contributed by atoms with van der Waals surface area (Å²) in [5.74, 6) is 0. The van der Waals surface area contributed by atoms with E-state index >= 15 is 0 Å². The van der Waals surface area contributed by atoms with Gasteiger partial charge in [0.05, 0.1) is 0 Å². The fraction of sp³-hybridized carbons (Fsp3) is 0.250. The summed E-state index contributed by atoms with van der Waals surface area (Å²) < 4.78 is 5.22. The Bertz CT molecular complexity index is 485. The van der Waals surface area contributed by atoms with Crippen molar-refractivity contribution in [3.63, 3.8) is 0 Å². The zero-order chi connectivity index (χ0) is 10.8. The van der Waals surface area contributed by atoms with Crippen molar-refractivity contribution in [2.45, 2.75) is 0 Å². The van der Waals surface area contributed by atoms with Crippen LogP contribution >= 0.6 is 0 Å². The predicted molar refractivity (Wildman–Crippen MR) is 61.6 cm³/mol. The largest absolute Gasteiger partial charge is 0.356 e. The first-order chi connectivity index (χ1) is 7.18. The molecule has 15 heavy (non-hydrogen) atoms. The van der Waals surface area contributed by atoms with Gasteiger partial charge in [0.2, 0.25) is 0 Å². The molecule has 78 valence electrons. The highest BCUT2D eigenvalue weighted by molar-refractivity contribution is 5.88. The molecule has 0 bridgehead atoms. The Balaban J connectivity index is 2.40. The summed E-state index contributed by atoms with van der Waals surface area (Å²) in [5, 5.41) is 5.08. The number of likely N-dealkylation sites (N-methyl/N-ethyl adjacent to an activating group) is 1. The number of hydrogen-bond acceptors (Lipinski definition) is 3. The summed E-state index contributed by atoms with van der Waals surface area (Å²) in [6, 6.07) is 7.83. The van der Waals surface area contributed by atoms with Crippen molar-refractivity contribution in [1.82, 2.24) is 10.1 Å². The summed E-state index contributed by atoms with van der Waals surface area (Å²) in [6.45, 7) is 4.81. The highest BCUT2D eigenvalue weighted by atomic mass is 16.5. The Morgan fingerprint density at radius 3 is 2.87 bits per heavy atom. The van der Waals surface area contributed by atoms with E-state index in [1.165, 1.54) is 0 Å². The zero-order valence-corrected chi connectivity index (χ0v) is 9.03. The van der Waals surface area contributed by atoms with E-state index in [1.54, 1.807) is 0 Å². The van der Waals surface area contributed by atoms with Gasteiger partial charge in [0.1, 0.15) is 5.69 Å². The van der Waals surface area contributed by atoms with Crippen molar-refractivity contribution >= 4 is 16.5 Å². The molecule has 0 aliphatic heterocycles. The van der Waals surface area contributed by atoms with Crippen molar-refractivity contribution in [3.05, 3.63) is 36.5 Å². The number of fused-ring (bicyclic) bond motifs is 1. The van der Waals surface area contributed by atoms with E-state index in [1.807, 2.05) is 38.4 Å². The van der Waals surface area contributed by atoms with Crippen LogP contribution in [0.25, 0.3) is 16.5 Å². The van der Waals surface area contributed by atoms with Crippen molar-refractivity contribution in [2.75, 3.05) is 20.6 Å². The molecule has 1 heterocycles. The third kappa shape index (κ3) is 1.92. The number of hydrogen-bond donors (Lipinski definition) is 0. The summed E-state index contributed by atoms with van der Waals surface area (Å²) in [4.78, 5) is 2.06. The van der Waals surface area contributed by atoms with Crippen LogP contribution in [0.5, 0.6) is 0 Å². The molecule has 0 amide bonds. The van der Waals surface area contributed by atoms with Crippen LogP contribution in [-0.2, 0) is 0 Å². The molecule has 2 rings (SSSR count). The molecule has 3 nitrogen and oxygen atoms in total. The number of nitrogens with zero attached hydrogens (tertiary/aromatic N) is 2. The zero-order valence-electron chi connectivity index (χ0n) is 9.03. The van der Waals surface area contributed by atoms with Gasteiger partial charge in [-0.3, -0.25) is 0 Å². The Hall–Kier alpha value is -1.61. The van der Waals surface area contributed by atoms with E-state index in [4.69, 9.17) is 4.52 Å². The first-order valence-corrected chi connectivity index (χ1v) is 4.86. The minimum Gasteiger partial charge on any atom is -0.356 e. The lowest BCUT2D eigenvalue weighted by Gasteiger charge is -2.09. The fourth-order valence-corrected chi connectivity index (χ4v) is 1.60. The Morgan fingerprint density at radius 2 is 2.13 bits per heavy atom. The smallest absolute Gasteiger partial charge is 0.167 e. The quantitative estimate of drug-likeness (QED) is 0.765. The first kappa shape index (κ1) is 9.93. The number of benzene rings is 1. The topological polar surface area (TPSA) is 29.3 Å². The van der Waals surface area contributed by atoms with E-state index in [0.29, 0.717) is 0 Å². The average molecular weight is 202 g/mol. The van der Waals surface area contributed by atoms with Crippen LogP contribution in [0, 0.1) is 0 Å². The van der Waals surface area contributed by atoms with Crippen molar-refractivity contribution in [3.8, 4) is 0 Å². The van der Waals surface area contributed by atoms with Crippen LogP contribution < -0.4 is 0 Å². The summed E-state index contributed by atoms with van der Waals surface area (Å²) in [7, 11) is 4.01. The van der Waals surface area contributed by atoms with Crippen molar-refractivity contribution in [1.29, 1.82) is 0 Å². The molecule has 0 N–H and O–H groups in total. The second-order valence-electron chi connectivity index (χ2n) is 3.87. The van der Waals surface area contributed by atoms with Gasteiger partial charge in [-0.15, -0.1) is 0 Å². The third-order valence-corrected chi connectivity index (χ3v) is 2.22. The molecule has 0 spiro atoms. The maximum Gasteiger partial charge on any atom is 0.167 e. The second-order valence-corrected chi connectivity index (χ2v) is 3.87. The Labute approximate surface area is 89.0 Å². The van der Waals surface area contributed by atoms with Crippen molar-refractivity contribution in [2.24, 2.45) is 0 Å². The van der Waals surface area contributed by atoms with E-state index in [0.717, 1.165) is 28.8 Å². The van der Waals surface area contributed by atoms with Gasteiger partial charge in [0, 0.05) is 11.9 Å². The fourth-order valence-electron chi connectivity index (χ4n) is 1.60. The summed E-state index contributed by atoms with van der Waals surface area (Å²) in [6.07, 6.45) is 0. The minimum absolute atomic E-state index is 0.788. The van der Waals surface area contributed by atoms with Crippen LogP contribution in [0.1, 0.15) is 5.69 Å². The molecular weight excluding hydrogens is 188 g/mol. The average Bonchev–Trinajstić information content (AvgIpc) is 2.59. The highest BCUT2D eigenvalue weighted by Crippen LogP contribution is 2.23. The van der Waals surface area contributed by atoms with Crippen LogP contribution in [0.15, 0.2) is 35.4 Å². The first-order valence-electron chi connectivity index (χ1n) is 4.86. The monoisotopic (exact) mass is 202 g/mol. The maximum atomic E-state index is 5.22. The van der Waals surface area contributed by atoms with Crippen LogP contribution in [0.3, 0.4) is 0 Å². The van der Waals surface area contributed by atoms with Gasteiger partial charge in [-0.25, -0.2) is 0 Å². The summed E-state index contributed by atoms with van der Waals surface area (Å²) in [5.41, 5.74) is 2.65. The molecule has 1 aromatic heterocycles. The Morgan fingerprint density at radius 1 is 1.40 bits per heavy atom. The highest BCUT2D eigenvalue weighted by Gasteiger charge is 2.10. The molecule has 0 radical (unpaired) electrons. The summed E-state index contributed by atoms with van der Waals surface area (Å²) >= 11 is 0. The van der Waals surface area contributed by atoms with E-state index in [9.17, 15) is 0 Å². The molecule has 0 saturated carbocycles. The molecular formula is C12H14N2O. The normalized spacial score (nSPS) is 11.1. The Kier molecular flexibility index (Phi) is 2.56. The van der Waals surface area contributed by atoms with Crippen LogP contribution in [0.4, 0.5) is 0 Å². The van der Waals surface area contributed by atoms with Gasteiger partial charge < -0.3 is 9.42 Å². The molecule has 0 fully saturated rings. The van der Waals surface area contributed by atoms with Gasteiger partial charge in [0.15, 0.2) is 5.58 Å². The number of rotatable bonds is 3. The standard InChI is InChI=1S/C12H14N2O/c1-9(8-14(2)3)12-10-6-4-5-7-11(10)15-13-12/h4-7H,1,8H2,2-3H3. The van der Waals surface area contributed by atoms with Gasteiger partial charge >= 0.3 is 0 Å². The third-order valence-electron chi connectivity index (χ3n) is 2.22. The van der Waals surface area contributed by atoms with E-state index < -0.39 is 0 Å². The van der Waals surface area contributed by atoms with Gasteiger partial charge in [-0.2, -0.15) is 0 Å². The number of para-hydroxylation sites is 1.